The molecule has 0 bridgehead atoms. The predicted molar refractivity (Wildman–Crippen MR) is 62.5 cm³/mol. The average molecular weight is 228 g/mol. The number of allylic oxidation sites excluding steroid dienone is 1. The van der Waals surface area contributed by atoms with Crippen LogP contribution in [-0.2, 0) is 6.42 Å². The lowest BCUT2D eigenvalue weighted by Crippen LogP contribution is -1.96. The van der Waals surface area contributed by atoms with Gasteiger partial charge in [0.25, 0.3) is 0 Å². The van der Waals surface area contributed by atoms with E-state index in [9.17, 15) is 0 Å². The van der Waals surface area contributed by atoms with E-state index in [0.717, 1.165) is 12.0 Å². The first-order valence-corrected chi connectivity index (χ1v) is 4.66. The number of rotatable bonds is 5. The maximum Gasteiger partial charge on any atom is 0.203 e. The van der Waals surface area contributed by atoms with Crippen molar-refractivity contribution in [2.45, 2.75) is 6.42 Å². The second-order valence-electron chi connectivity index (χ2n) is 3.03. The van der Waals surface area contributed by atoms with Gasteiger partial charge >= 0.3 is 0 Å². The van der Waals surface area contributed by atoms with E-state index in [1.807, 2.05) is 18.2 Å². The fourth-order valence-electron chi connectivity index (χ4n) is 1.42. The highest BCUT2D eigenvalue weighted by Gasteiger charge is 2.12. The van der Waals surface area contributed by atoms with Gasteiger partial charge in [-0.2, -0.15) is 0 Å². The normalized spacial score (nSPS) is 8.94. The molecule has 0 aromatic heterocycles. The lowest BCUT2D eigenvalue weighted by Gasteiger charge is -2.13. The van der Waals surface area contributed by atoms with Crippen molar-refractivity contribution in [3.8, 4) is 17.2 Å². The largest absolute Gasteiger partial charge is 0.493 e. The van der Waals surface area contributed by atoms with Gasteiger partial charge in [-0.1, -0.05) is 6.08 Å². The molecule has 0 aliphatic rings. The van der Waals surface area contributed by atoms with Crippen LogP contribution in [0.25, 0.3) is 0 Å². The maximum absolute atomic E-state index is 5.23. The minimum atomic E-state index is 0. The molecule has 0 saturated heterocycles. The smallest absolute Gasteiger partial charge is 0.203 e. The first kappa shape index (κ1) is 14.3. The summed E-state index contributed by atoms with van der Waals surface area (Å²) < 4.78 is 15.7. The number of ether oxygens (including phenoxy) is 3. The van der Waals surface area contributed by atoms with Crippen LogP contribution in [0.3, 0.4) is 0 Å². The Kier molecular flexibility index (Phi) is 6.00. The van der Waals surface area contributed by atoms with Crippen molar-refractivity contribution in [3.63, 3.8) is 0 Å². The molecule has 1 rings (SSSR count). The number of methoxy groups -OCH3 is 3. The molecule has 0 saturated carbocycles. The van der Waals surface area contributed by atoms with E-state index in [2.05, 4.69) is 6.58 Å². The quantitative estimate of drug-likeness (QED) is 0.725. The Balaban J connectivity index is 0.00000225. The van der Waals surface area contributed by atoms with Crippen LogP contribution in [0, 0.1) is 0 Å². The Labute approximate surface area is 95.0 Å². The molecule has 0 fully saturated rings. The van der Waals surface area contributed by atoms with Crippen LogP contribution >= 0.6 is 0 Å². The molecule has 0 heterocycles. The van der Waals surface area contributed by atoms with Crippen LogP contribution in [0.4, 0.5) is 4.70 Å². The Morgan fingerprint density at radius 2 is 1.56 bits per heavy atom. The van der Waals surface area contributed by atoms with Gasteiger partial charge in [0.1, 0.15) is 0 Å². The molecular formula is C12H17FO3. The maximum atomic E-state index is 5.23. The van der Waals surface area contributed by atoms with E-state index in [1.54, 1.807) is 21.3 Å². The van der Waals surface area contributed by atoms with Gasteiger partial charge in [0.2, 0.25) is 5.75 Å². The highest BCUT2D eigenvalue weighted by atomic mass is 19.0. The minimum Gasteiger partial charge on any atom is -0.493 e. The topological polar surface area (TPSA) is 27.7 Å². The molecule has 4 heteroatoms. The number of halogens is 1. The molecule has 0 amide bonds. The SMILES string of the molecule is C=CCc1cc(OC)c(OC)c(OC)c1.F. The van der Waals surface area contributed by atoms with Crippen LogP contribution < -0.4 is 14.2 Å². The van der Waals surface area contributed by atoms with Crippen molar-refractivity contribution in [1.29, 1.82) is 0 Å². The molecule has 0 N–H and O–H groups in total. The molecule has 0 aliphatic carbocycles. The molecule has 1 aromatic rings. The summed E-state index contributed by atoms with van der Waals surface area (Å²) in [5, 5.41) is 0. The van der Waals surface area contributed by atoms with Crippen molar-refractivity contribution >= 4 is 0 Å². The molecule has 0 radical (unpaired) electrons. The zero-order valence-electron chi connectivity index (χ0n) is 9.78. The van der Waals surface area contributed by atoms with Crippen molar-refractivity contribution in [2.24, 2.45) is 0 Å². The van der Waals surface area contributed by atoms with Gasteiger partial charge in [-0.05, 0) is 24.1 Å². The van der Waals surface area contributed by atoms with Gasteiger partial charge in [0, 0.05) is 0 Å². The Morgan fingerprint density at radius 1 is 1.06 bits per heavy atom. The van der Waals surface area contributed by atoms with E-state index in [1.165, 1.54) is 0 Å². The predicted octanol–water partition coefficient (Wildman–Crippen LogP) is 2.59. The third-order valence-electron chi connectivity index (χ3n) is 2.10. The zero-order chi connectivity index (χ0) is 11.3. The molecule has 3 nitrogen and oxygen atoms in total. The van der Waals surface area contributed by atoms with Gasteiger partial charge in [-0.3, -0.25) is 4.70 Å². The molecule has 0 aliphatic heterocycles. The first-order chi connectivity index (χ1) is 7.26. The lowest BCUT2D eigenvalue weighted by molar-refractivity contribution is 0.324. The summed E-state index contributed by atoms with van der Waals surface area (Å²) >= 11 is 0. The summed E-state index contributed by atoms with van der Waals surface area (Å²) in [6.07, 6.45) is 2.61. The van der Waals surface area contributed by atoms with E-state index < -0.39 is 0 Å². The highest BCUT2D eigenvalue weighted by molar-refractivity contribution is 5.54. The Morgan fingerprint density at radius 3 is 1.88 bits per heavy atom. The minimum absolute atomic E-state index is 0. The third kappa shape index (κ3) is 2.89. The van der Waals surface area contributed by atoms with Crippen LogP contribution in [0.5, 0.6) is 17.2 Å². The standard InChI is InChI=1S/C12H16O3.FH/c1-5-6-9-7-10(13-2)12(15-4)11(8-9)14-3;/h5,7-8H,1,6H2,2-4H3;1H. The van der Waals surface area contributed by atoms with Gasteiger partial charge in [-0.15, -0.1) is 6.58 Å². The van der Waals surface area contributed by atoms with Crippen molar-refractivity contribution < 1.29 is 18.9 Å². The van der Waals surface area contributed by atoms with Crippen LogP contribution in [0.15, 0.2) is 24.8 Å². The summed E-state index contributed by atoms with van der Waals surface area (Å²) in [4.78, 5) is 0. The van der Waals surface area contributed by atoms with Crippen molar-refractivity contribution in [3.05, 3.63) is 30.4 Å². The molecule has 0 atom stereocenters. The first-order valence-electron chi connectivity index (χ1n) is 4.66. The number of hydrogen-bond donors (Lipinski definition) is 0. The summed E-state index contributed by atoms with van der Waals surface area (Å²) in [7, 11) is 4.80. The van der Waals surface area contributed by atoms with Gasteiger partial charge in [0.05, 0.1) is 21.3 Å². The van der Waals surface area contributed by atoms with E-state index in [-0.39, 0.29) is 4.70 Å². The molecule has 0 unspecified atom stereocenters. The lowest BCUT2D eigenvalue weighted by atomic mass is 10.1. The third-order valence-corrected chi connectivity index (χ3v) is 2.10. The number of benzene rings is 1. The highest BCUT2D eigenvalue weighted by Crippen LogP contribution is 2.38. The zero-order valence-corrected chi connectivity index (χ0v) is 9.78. The van der Waals surface area contributed by atoms with Crippen molar-refractivity contribution in [2.75, 3.05) is 21.3 Å². The Hall–Kier alpha value is -1.71. The summed E-state index contributed by atoms with van der Waals surface area (Å²) in [5.74, 6) is 1.97. The fraction of sp³-hybridized carbons (Fsp3) is 0.333. The van der Waals surface area contributed by atoms with Crippen LogP contribution in [0.1, 0.15) is 5.56 Å². The van der Waals surface area contributed by atoms with E-state index >= 15 is 0 Å². The van der Waals surface area contributed by atoms with E-state index in [4.69, 9.17) is 14.2 Å². The van der Waals surface area contributed by atoms with Crippen molar-refractivity contribution in [1.82, 2.24) is 0 Å². The monoisotopic (exact) mass is 228 g/mol. The van der Waals surface area contributed by atoms with Crippen LogP contribution in [-0.4, -0.2) is 21.3 Å². The summed E-state index contributed by atoms with van der Waals surface area (Å²) in [6.45, 7) is 3.70. The van der Waals surface area contributed by atoms with Crippen LogP contribution in [0.2, 0.25) is 0 Å². The number of hydrogen-bond acceptors (Lipinski definition) is 3. The molecule has 16 heavy (non-hydrogen) atoms. The van der Waals surface area contributed by atoms with Gasteiger partial charge in [0.15, 0.2) is 11.5 Å². The summed E-state index contributed by atoms with van der Waals surface area (Å²) in [6, 6.07) is 3.84. The average Bonchev–Trinajstić information content (AvgIpc) is 2.28. The molecule has 0 spiro atoms. The molecule has 1 aromatic carbocycles. The van der Waals surface area contributed by atoms with Gasteiger partial charge < -0.3 is 14.2 Å². The second-order valence-corrected chi connectivity index (χ2v) is 3.03. The second kappa shape index (κ2) is 6.71. The van der Waals surface area contributed by atoms with E-state index in [0.29, 0.717) is 17.2 Å². The molecule has 90 valence electrons. The fourth-order valence-corrected chi connectivity index (χ4v) is 1.42. The van der Waals surface area contributed by atoms with Gasteiger partial charge in [-0.25, -0.2) is 0 Å². The molecular weight excluding hydrogens is 211 g/mol. The summed E-state index contributed by atoms with van der Waals surface area (Å²) in [5.41, 5.74) is 1.08. The Bertz CT molecular complexity index is 325.